The molecule has 2 aromatic carbocycles. The number of rotatable bonds is 4. The van der Waals surface area contributed by atoms with E-state index >= 15 is 0 Å². The van der Waals surface area contributed by atoms with E-state index in [2.05, 4.69) is 15.6 Å². The van der Waals surface area contributed by atoms with Crippen molar-refractivity contribution >= 4 is 28.6 Å². The van der Waals surface area contributed by atoms with Crippen LogP contribution in [-0.4, -0.2) is 52.3 Å². The number of halogens is 1. The van der Waals surface area contributed by atoms with Crippen LogP contribution in [0.3, 0.4) is 0 Å². The standard InChI is InChI=1S/C24H23FN4O3/c1-13-6-7-14(8-18(13)25)22(30)27-16-10-21-23(31)28-20(24(32)29(21)12-16)9-15-11-26-19-5-3-2-4-17(15)19/h2-8,11,16,20-21,26H,9-10,12H2,1H3,(H,27,30)(H,28,31)/t16-,20-,21-/m0/s1. The van der Waals surface area contributed by atoms with Crippen LogP contribution in [0.15, 0.2) is 48.7 Å². The number of hydrogen-bond acceptors (Lipinski definition) is 3. The topological polar surface area (TPSA) is 94.3 Å². The lowest BCUT2D eigenvalue weighted by Gasteiger charge is -2.34. The molecule has 8 heteroatoms. The molecule has 3 amide bonds. The summed E-state index contributed by atoms with van der Waals surface area (Å²) in [5, 5.41) is 6.71. The van der Waals surface area contributed by atoms with Gasteiger partial charge in [-0.15, -0.1) is 0 Å². The molecule has 0 saturated carbocycles. The maximum Gasteiger partial charge on any atom is 0.251 e. The lowest BCUT2D eigenvalue weighted by atomic mass is 10.0. The summed E-state index contributed by atoms with van der Waals surface area (Å²) in [5.41, 5.74) is 2.61. The van der Waals surface area contributed by atoms with Crippen LogP contribution in [-0.2, 0) is 16.0 Å². The number of fused-ring (bicyclic) bond motifs is 2. The van der Waals surface area contributed by atoms with Crippen molar-refractivity contribution in [2.24, 2.45) is 0 Å². The molecule has 3 atom stereocenters. The number of aromatic nitrogens is 1. The van der Waals surface area contributed by atoms with E-state index < -0.39 is 23.8 Å². The van der Waals surface area contributed by atoms with E-state index in [0.717, 1.165) is 16.5 Å². The Hall–Kier alpha value is -3.68. The SMILES string of the molecule is Cc1ccc(C(=O)N[C@H]2C[C@H]3C(=O)N[C@@H](Cc4c[nH]c5ccccc45)C(=O)N3C2)cc1F. The number of nitrogens with zero attached hydrogens (tertiary/aromatic N) is 1. The van der Waals surface area contributed by atoms with Crippen molar-refractivity contribution in [2.45, 2.75) is 37.9 Å². The van der Waals surface area contributed by atoms with Gasteiger partial charge in [0.1, 0.15) is 17.9 Å². The van der Waals surface area contributed by atoms with Gasteiger partial charge < -0.3 is 20.5 Å². The summed E-state index contributed by atoms with van der Waals surface area (Å²) < 4.78 is 13.8. The molecular weight excluding hydrogens is 411 g/mol. The zero-order valence-electron chi connectivity index (χ0n) is 17.5. The fourth-order valence-electron chi connectivity index (χ4n) is 4.62. The first kappa shape index (κ1) is 20.2. The van der Waals surface area contributed by atoms with Gasteiger partial charge in [0.2, 0.25) is 11.8 Å². The quantitative estimate of drug-likeness (QED) is 0.587. The lowest BCUT2D eigenvalue weighted by molar-refractivity contribution is -0.146. The van der Waals surface area contributed by atoms with E-state index in [1.807, 2.05) is 30.5 Å². The minimum Gasteiger partial charge on any atom is -0.361 e. The molecule has 2 saturated heterocycles. The molecule has 5 rings (SSSR count). The monoisotopic (exact) mass is 434 g/mol. The summed E-state index contributed by atoms with van der Waals surface area (Å²) >= 11 is 0. The second-order valence-corrected chi connectivity index (χ2v) is 8.50. The Morgan fingerprint density at radius 1 is 1.22 bits per heavy atom. The van der Waals surface area contributed by atoms with Gasteiger partial charge in [0.25, 0.3) is 5.91 Å². The van der Waals surface area contributed by atoms with Gasteiger partial charge in [0, 0.05) is 41.7 Å². The van der Waals surface area contributed by atoms with Crippen molar-refractivity contribution in [1.29, 1.82) is 0 Å². The van der Waals surface area contributed by atoms with Crippen LogP contribution in [0.25, 0.3) is 10.9 Å². The van der Waals surface area contributed by atoms with Gasteiger partial charge in [0.15, 0.2) is 0 Å². The van der Waals surface area contributed by atoms with E-state index in [1.54, 1.807) is 24.0 Å². The third-order valence-electron chi connectivity index (χ3n) is 6.37. The average molecular weight is 434 g/mol. The van der Waals surface area contributed by atoms with Crippen molar-refractivity contribution in [1.82, 2.24) is 20.5 Å². The van der Waals surface area contributed by atoms with Crippen LogP contribution >= 0.6 is 0 Å². The van der Waals surface area contributed by atoms with E-state index in [9.17, 15) is 18.8 Å². The van der Waals surface area contributed by atoms with Crippen LogP contribution in [0.2, 0.25) is 0 Å². The van der Waals surface area contributed by atoms with Gasteiger partial charge in [-0.3, -0.25) is 14.4 Å². The highest BCUT2D eigenvalue weighted by Gasteiger charge is 2.46. The first-order valence-corrected chi connectivity index (χ1v) is 10.6. The smallest absolute Gasteiger partial charge is 0.251 e. The molecule has 164 valence electrons. The van der Waals surface area contributed by atoms with Gasteiger partial charge in [-0.1, -0.05) is 24.3 Å². The highest BCUT2D eigenvalue weighted by Crippen LogP contribution is 2.26. The van der Waals surface area contributed by atoms with Gasteiger partial charge in [0.05, 0.1) is 0 Å². The van der Waals surface area contributed by atoms with E-state index in [0.29, 0.717) is 18.4 Å². The summed E-state index contributed by atoms with van der Waals surface area (Å²) in [7, 11) is 0. The molecule has 7 nitrogen and oxygen atoms in total. The molecule has 0 bridgehead atoms. The van der Waals surface area contributed by atoms with Gasteiger partial charge >= 0.3 is 0 Å². The van der Waals surface area contributed by atoms with Crippen LogP contribution in [0.4, 0.5) is 4.39 Å². The molecule has 32 heavy (non-hydrogen) atoms. The Labute approximate surface area is 184 Å². The maximum atomic E-state index is 13.8. The Kier molecular flexibility index (Phi) is 4.92. The minimum absolute atomic E-state index is 0.155. The normalized spacial score (nSPS) is 22.7. The van der Waals surface area contributed by atoms with E-state index in [4.69, 9.17) is 0 Å². The van der Waals surface area contributed by atoms with Gasteiger partial charge in [-0.05, 0) is 42.7 Å². The number of nitrogens with one attached hydrogen (secondary N) is 3. The molecule has 2 aliphatic heterocycles. The Morgan fingerprint density at radius 2 is 2.03 bits per heavy atom. The first-order chi connectivity index (χ1) is 15.4. The molecule has 0 aliphatic carbocycles. The fraction of sp³-hybridized carbons (Fsp3) is 0.292. The number of amides is 3. The van der Waals surface area contributed by atoms with Crippen molar-refractivity contribution in [3.8, 4) is 0 Å². The summed E-state index contributed by atoms with van der Waals surface area (Å²) in [6.45, 7) is 1.88. The number of hydrogen-bond donors (Lipinski definition) is 3. The predicted molar refractivity (Wildman–Crippen MR) is 116 cm³/mol. The second kappa shape index (κ2) is 7.78. The minimum atomic E-state index is -0.654. The summed E-state index contributed by atoms with van der Waals surface area (Å²) in [5.74, 6) is -1.24. The van der Waals surface area contributed by atoms with E-state index in [1.165, 1.54) is 6.07 Å². The molecule has 3 N–H and O–H groups in total. The number of carbonyl (C=O) groups excluding carboxylic acids is 3. The lowest BCUT2D eigenvalue weighted by Crippen LogP contribution is -2.61. The first-order valence-electron chi connectivity index (χ1n) is 10.6. The third kappa shape index (κ3) is 3.51. The molecule has 0 unspecified atom stereocenters. The number of aromatic amines is 1. The van der Waals surface area contributed by atoms with E-state index in [-0.39, 0.29) is 30.0 Å². The highest BCUT2D eigenvalue weighted by molar-refractivity contribution is 5.99. The van der Waals surface area contributed by atoms with Crippen LogP contribution in [0.5, 0.6) is 0 Å². The summed E-state index contributed by atoms with van der Waals surface area (Å²) in [6.07, 6.45) is 2.58. The average Bonchev–Trinajstić information content (AvgIpc) is 3.39. The molecule has 3 heterocycles. The Balaban J connectivity index is 1.28. The summed E-state index contributed by atoms with van der Waals surface area (Å²) in [4.78, 5) is 43.2. The molecule has 0 radical (unpaired) electrons. The second-order valence-electron chi connectivity index (χ2n) is 8.50. The number of aryl methyl sites for hydroxylation is 1. The number of piperazine rings is 1. The number of para-hydroxylation sites is 1. The molecule has 0 spiro atoms. The van der Waals surface area contributed by atoms with Crippen molar-refractivity contribution in [3.63, 3.8) is 0 Å². The number of H-pyrrole nitrogens is 1. The highest BCUT2D eigenvalue weighted by atomic mass is 19.1. The van der Waals surface area contributed by atoms with Gasteiger partial charge in [-0.25, -0.2) is 4.39 Å². The number of carbonyl (C=O) groups is 3. The Morgan fingerprint density at radius 3 is 2.84 bits per heavy atom. The fourth-order valence-corrected chi connectivity index (χ4v) is 4.62. The molecule has 3 aromatic rings. The largest absolute Gasteiger partial charge is 0.361 e. The molecule has 2 fully saturated rings. The van der Waals surface area contributed by atoms with Crippen LogP contribution in [0, 0.1) is 12.7 Å². The van der Waals surface area contributed by atoms with Crippen molar-refractivity contribution in [2.75, 3.05) is 6.54 Å². The maximum absolute atomic E-state index is 13.8. The molecular formula is C24H23FN4O3. The van der Waals surface area contributed by atoms with Gasteiger partial charge in [-0.2, -0.15) is 0 Å². The molecule has 2 aliphatic rings. The van der Waals surface area contributed by atoms with Crippen LogP contribution in [0.1, 0.15) is 27.9 Å². The summed E-state index contributed by atoms with van der Waals surface area (Å²) in [6, 6.07) is 10.5. The third-order valence-corrected chi connectivity index (χ3v) is 6.37. The zero-order valence-corrected chi connectivity index (χ0v) is 17.5. The van der Waals surface area contributed by atoms with Crippen molar-refractivity contribution in [3.05, 3.63) is 71.2 Å². The number of benzene rings is 2. The van der Waals surface area contributed by atoms with Crippen LogP contribution < -0.4 is 10.6 Å². The predicted octanol–water partition coefficient (Wildman–Crippen LogP) is 2.06. The van der Waals surface area contributed by atoms with Crippen molar-refractivity contribution < 1.29 is 18.8 Å². The zero-order chi connectivity index (χ0) is 22.4. The molecule has 1 aromatic heterocycles. The Bertz CT molecular complexity index is 1240.